The molecule has 2 atom stereocenters. The van der Waals surface area contributed by atoms with Crippen LogP contribution in [0.3, 0.4) is 0 Å². The van der Waals surface area contributed by atoms with Gasteiger partial charge < -0.3 is 15.4 Å². The molecule has 2 aromatic heterocycles. The number of aromatic nitrogens is 2. The van der Waals surface area contributed by atoms with E-state index in [-0.39, 0.29) is 5.71 Å². The molecule has 1 aromatic carbocycles. The zero-order chi connectivity index (χ0) is 25.1. The van der Waals surface area contributed by atoms with E-state index >= 15 is 0 Å². The number of rotatable bonds is 7. The Labute approximate surface area is 216 Å². The molecular formula is C23H25Cl2N7O2S. The van der Waals surface area contributed by atoms with Crippen molar-refractivity contribution in [3.05, 3.63) is 75.7 Å². The fourth-order valence-corrected chi connectivity index (χ4v) is 5.03. The third-order valence-corrected chi connectivity index (χ3v) is 7.39. The molecule has 1 unspecified atom stereocenters. The lowest BCUT2D eigenvalue weighted by molar-refractivity contribution is 0.214. The lowest BCUT2D eigenvalue weighted by Crippen LogP contribution is -2.47. The molecule has 3 aromatic rings. The highest BCUT2D eigenvalue weighted by Gasteiger charge is 2.21. The number of nitrogens with one attached hydrogen (secondary N) is 1. The highest BCUT2D eigenvalue weighted by molar-refractivity contribution is 7.81. The molecule has 1 aliphatic rings. The van der Waals surface area contributed by atoms with E-state index < -0.39 is 17.2 Å². The number of pyridine rings is 2. The van der Waals surface area contributed by atoms with Crippen LogP contribution in [-0.4, -0.2) is 56.6 Å². The van der Waals surface area contributed by atoms with Crippen LogP contribution in [0, 0.1) is 5.41 Å². The van der Waals surface area contributed by atoms with Crippen LogP contribution in [0.1, 0.15) is 22.9 Å². The van der Waals surface area contributed by atoms with Crippen LogP contribution in [0.5, 0.6) is 5.75 Å². The number of piperazine rings is 1. The number of ether oxygens (including phenoxy) is 1. The molecule has 5 N–H and O–H groups in total. The second-order valence-electron chi connectivity index (χ2n) is 7.92. The number of hydrogen-bond donors (Lipinski definition) is 3. The summed E-state index contributed by atoms with van der Waals surface area (Å²) in [6.07, 6.45) is 5.29. The molecular weight excluding hydrogens is 509 g/mol. The first-order valence-electron chi connectivity index (χ1n) is 10.7. The second kappa shape index (κ2) is 10.9. The van der Waals surface area contributed by atoms with Gasteiger partial charge in [0.2, 0.25) is 0 Å². The third-order valence-electron chi connectivity index (χ3n) is 5.69. The van der Waals surface area contributed by atoms with E-state index in [0.717, 1.165) is 18.9 Å². The summed E-state index contributed by atoms with van der Waals surface area (Å²) in [6, 6.07) is 8.69. The van der Waals surface area contributed by atoms with Crippen LogP contribution in [-0.2, 0) is 11.0 Å². The maximum atomic E-state index is 11.6. The van der Waals surface area contributed by atoms with Crippen molar-refractivity contribution in [1.82, 2.24) is 14.3 Å². The normalized spacial score (nSPS) is 16.1. The molecule has 4 rings (SSSR count). The Morgan fingerprint density at radius 1 is 1.11 bits per heavy atom. The van der Waals surface area contributed by atoms with Crippen LogP contribution in [0.25, 0.3) is 0 Å². The Morgan fingerprint density at radius 3 is 2.40 bits per heavy atom. The minimum Gasteiger partial charge on any atom is -0.471 e. The maximum Gasteiger partial charge on any atom is 0.177 e. The van der Waals surface area contributed by atoms with E-state index in [1.54, 1.807) is 30.7 Å². The molecule has 1 saturated heterocycles. The molecule has 0 saturated carbocycles. The lowest BCUT2D eigenvalue weighted by atomic mass is 10.0. The lowest BCUT2D eigenvalue weighted by Gasteiger charge is -2.33. The molecule has 0 aliphatic carbocycles. The average molecular weight is 534 g/mol. The monoisotopic (exact) mass is 533 g/mol. The fraction of sp³-hybridized carbons (Fsp3) is 0.261. The summed E-state index contributed by atoms with van der Waals surface area (Å²) in [4.78, 5) is 10.6. The van der Waals surface area contributed by atoms with E-state index in [4.69, 9.17) is 44.8 Å². The van der Waals surface area contributed by atoms with Gasteiger partial charge >= 0.3 is 0 Å². The quantitative estimate of drug-likeness (QED) is 0.241. The van der Waals surface area contributed by atoms with Crippen molar-refractivity contribution in [1.29, 1.82) is 5.41 Å². The number of nitrogens with two attached hydrogens (primary N) is 2. The summed E-state index contributed by atoms with van der Waals surface area (Å²) in [6.45, 7) is 2.90. The predicted molar refractivity (Wildman–Crippen MR) is 141 cm³/mol. The van der Waals surface area contributed by atoms with Gasteiger partial charge in [-0.15, -0.1) is 0 Å². The van der Waals surface area contributed by atoms with Gasteiger partial charge in [-0.3, -0.25) is 16.1 Å². The van der Waals surface area contributed by atoms with Crippen LogP contribution in [0.4, 0.5) is 11.5 Å². The van der Waals surface area contributed by atoms with Gasteiger partial charge in [-0.1, -0.05) is 23.2 Å². The van der Waals surface area contributed by atoms with Gasteiger partial charge in [0.15, 0.2) is 6.23 Å². The van der Waals surface area contributed by atoms with Gasteiger partial charge in [-0.25, -0.2) is 13.5 Å². The highest BCUT2D eigenvalue weighted by atomic mass is 35.5. The summed E-state index contributed by atoms with van der Waals surface area (Å²) < 4.78 is 19.4. The van der Waals surface area contributed by atoms with Gasteiger partial charge in [0.05, 0.1) is 26.7 Å². The van der Waals surface area contributed by atoms with Crippen molar-refractivity contribution in [2.45, 2.75) is 6.23 Å². The Balaban J connectivity index is 1.49. The van der Waals surface area contributed by atoms with Crippen molar-refractivity contribution in [3.63, 3.8) is 0 Å². The average Bonchev–Trinajstić information content (AvgIpc) is 2.85. The smallest absolute Gasteiger partial charge is 0.177 e. The summed E-state index contributed by atoms with van der Waals surface area (Å²) in [5.41, 5.74) is 14.5. The summed E-state index contributed by atoms with van der Waals surface area (Å²) in [7, 11) is -0.964. The predicted octanol–water partition coefficient (Wildman–Crippen LogP) is 3.23. The van der Waals surface area contributed by atoms with E-state index in [9.17, 15) is 4.21 Å². The topological polar surface area (TPSA) is 134 Å². The first-order chi connectivity index (χ1) is 16.7. The molecule has 1 aliphatic heterocycles. The van der Waals surface area contributed by atoms with Crippen LogP contribution in [0.15, 0.2) is 48.9 Å². The third kappa shape index (κ3) is 5.74. The number of benzene rings is 1. The standard InChI is InChI=1S/C23H25Cl2N7O2S/c1-35(33)32-8-6-31(7-9-32)20-5-2-14(11-30-20)22(27)16-10-15(3-4-19(16)26)34-23(28)21-17(24)12-29-13-18(21)25/h2-5,10-13,23,27H,6-9,26,28H2,1H3/t23-,35?/m0/s1. The molecule has 12 heteroatoms. The minimum absolute atomic E-state index is 0.201. The Kier molecular flexibility index (Phi) is 7.88. The van der Waals surface area contributed by atoms with Crippen molar-refractivity contribution in [2.24, 2.45) is 5.73 Å². The maximum absolute atomic E-state index is 11.6. The van der Waals surface area contributed by atoms with Crippen molar-refractivity contribution in [2.75, 3.05) is 43.1 Å². The van der Waals surface area contributed by atoms with Gasteiger partial charge in [0.1, 0.15) is 11.6 Å². The fourth-order valence-electron chi connectivity index (χ4n) is 3.77. The molecule has 184 valence electrons. The van der Waals surface area contributed by atoms with E-state index in [0.29, 0.717) is 51.3 Å². The molecule has 9 nitrogen and oxygen atoms in total. The van der Waals surface area contributed by atoms with Gasteiger partial charge in [-0.05, 0) is 30.3 Å². The van der Waals surface area contributed by atoms with Crippen LogP contribution >= 0.6 is 23.2 Å². The van der Waals surface area contributed by atoms with E-state index in [1.807, 2.05) is 16.4 Å². The zero-order valence-corrected chi connectivity index (χ0v) is 21.3. The number of nitrogens with zero attached hydrogens (tertiary/aromatic N) is 4. The number of halogens is 2. The first-order valence-corrected chi connectivity index (χ1v) is 13.0. The van der Waals surface area contributed by atoms with Crippen LogP contribution in [0.2, 0.25) is 10.0 Å². The summed E-state index contributed by atoms with van der Waals surface area (Å²) >= 11 is 12.4. The molecule has 1 fully saturated rings. The first kappa shape index (κ1) is 25.3. The van der Waals surface area contributed by atoms with Crippen LogP contribution < -0.4 is 21.1 Å². The number of anilines is 2. The molecule has 0 spiro atoms. The summed E-state index contributed by atoms with van der Waals surface area (Å²) in [5, 5.41) is 9.29. The van der Waals surface area contributed by atoms with E-state index in [2.05, 4.69) is 14.9 Å². The van der Waals surface area contributed by atoms with Crippen molar-refractivity contribution in [3.8, 4) is 5.75 Å². The van der Waals surface area contributed by atoms with Gasteiger partial charge in [0, 0.05) is 73.4 Å². The highest BCUT2D eigenvalue weighted by Crippen LogP contribution is 2.31. The van der Waals surface area contributed by atoms with Gasteiger partial charge in [-0.2, -0.15) is 0 Å². The molecule has 3 heterocycles. The Hall–Kier alpha value is -2.76. The van der Waals surface area contributed by atoms with E-state index in [1.165, 1.54) is 12.4 Å². The Bertz CT molecular complexity index is 1230. The SMILES string of the molecule is CS(=O)N1CCN(c2ccc(C(=N)c3cc(O[C@H](N)c4c(Cl)cncc4Cl)ccc3N)cn2)CC1. The molecule has 0 amide bonds. The van der Waals surface area contributed by atoms with Crippen molar-refractivity contribution >= 4 is 51.4 Å². The van der Waals surface area contributed by atoms with Crippen molar-refractivity contribution < 1.29 is 8.95 Å². The molecule has 0 radical (unpaired) electrons. The second-order valence-corrected chi connectivity index (χ2v) is 10.1. The number of nitrogen functional groups attached to an aromatic ring is 1. The minimum atomic E-state index is -0.964. The Morgan fingerprint density at radius 2 is 1.80 bits per heavy atom. The van der Waals surface area contributed by atoms with Gasteiger partial charge in [0.25, 0.3) is 0 Å². The molecule has 0 bridgehead atoms. The molecule has 35 heavy (non-hydrogen) atoms. The zero-order valence-electron chi connectivity index (χ0n) is 18.9. The largest absolute Gasteiger partial charge is 0.471 e. The summed E-state index contributed by atoms with van der Waals surface area (Å²) in [5.74, 6) is 1.22. The number of hydrogen-bond acceptors (Lipinski definition) is 8.